The molecule has 0 saturated carbocycles. The van der Waals surface area contributed by atoms with Gasteiger partial charge >= 0.3 is 5.97 Å². The van der Waals surface area contributed by atoms with Crippen LogP contribution in [0, 0.1) is 0 Å². The summed E-state index contributed by atoms with van der Waals surface area (Å²) < 4.78 is 18.7. The second-order valence-electron chi connectivity index (χ2n) is 8.87. The van der Waals surface area contributed by atoms with Crippen molar-refractivity contribution in [3.05, 3.63) is 71.9 Å². The molecule has 0 radical (unpaired) electrons. The lowest BCUT2D eigenvalue weighted by Gasteiger charge is -2.10. The number of carbonyl (C=O) groups excluding carboxylic acids is 1. The van der Waals surface area contributed by atoms with E-state index in [2.05, 4.69) is 37.2 Å². The maximum Gasteiger partial charge on any atom is 0.310 e. The Morgan fingerprint density at radius 1 is 1.06 bits per heavy atom. The van der Waals surface area contributed by atoms with Gasteiger partial charge in [-0.15, -0.1) is 0 Å². The van der Waals surface area contributed by atoms with Crippen LogP contribution in [-0.2, 0) is 22.6 Å². The topological polar surface area (TPSA) is 105 Å². The van der Waals surface area contributed by atoms with Crippen molar-refractivity contribution in [2.45, 2.75) is 39.8 Å². The van der Waals surface area contributed by atoms with E-state index in [9.17, 15) is 4.79 Å². The second kappa shape index (κ2) is 9.73. The predicted molar refractivity (Wildman–Crippen MR) is 139 cm³/mol. The summed E-state index contributed by atoms with van der Waals surface area (Å²) in [5, 5.41) is 10.5. The Labute approximate surface area is 208 Å². The highest BCUT2D eigenvalue weighted by atomic mass is 16.5. The van der Waals surface area contributed by atoms with E-state index >= 15 is 0 Å². The van der Waals surface area contributed by atoms with Crippen molar-refractivity contribution in [2.75, 3.05) is 12.3 Å². The Bertz CT molecular complexity index is 1550. The van der Waals surface area contributed by atoms with E-state index in [-0.39, 0.29) is 25.0 Å². The van der Waals surface area contributed by atoms with Crippen LogP contribution in [0.1, 0.15) is 38.1 Å². The van der Waals surface area contributed by atoms with Crippen molar-refractivity contribution in [2.24, 2.45) is 0 Å². The number of anilines is 1. The number of nitrogens with two attached hydrogens (primary N) is 1. The molecule has 0 atom stereocenters. The lowest BCUT2D eigenvalue weighted by Crippen LogP contribution is -2.09. The molecule has 3 aromatic carbocycles. The van der Waals surface area contributed by atoms with Gasteiger partial charge in [-0.25, -0.2) is 0 Å². The van der Waals surface area contributed by atoms with E-state index in [0.717, 1.165) is 38.7 Å². The molecule has 0 bridgehead atoms. The summed E-state index contributed by atoms with van der Waals surface area (Å²) in [7, 11) is 0. The van der Waals surface area contributed by atoms with Crippen LogP contribution in [0.5, 0.6) is 5.75 Å². The summed E-state index contributed by atoms with van der Waals surface area (Å²) in [5.74, 6) is 0.744. The van der Waals surface area contributed by atoms with Crippen LogP contribution < -0.4 is 10.5 Å². The average molecular weight is 485 g/mol. The zero-order valence-electron chi connectivity index (χ0n) is 20.5. The number of benzene rings is 3. The SMILES string of the molecule is CCOC(=O)Cc1ccccc1OCc1nn(C(C)C)c2ccc(-c3ccc4c(N)noc4c3)cc12. The van der Waals surface area contributed by atoms with Crippen molar-refractivity contribution < 1.29 is 18.8 Å². The maximum absolute atomic E-state index is 12.0. The van der Waals surface area contributed by atoms with Crippen LogP contribution in [0.3, 0.4) is 0 Å². The summed E-state index contributed by atoms with van der Waals surface area (Å²) in [6.07, 6.45) is 0.157. The monoisotopic (exact) mass is 484 g/mol. The minimum absolute atomic E-state index is 0.157. The molecular weight excluding hydrogens is 456 g/mol. The van der Waals surface area contributed by atoms with Crippen LogP contribution in [0.15, 0.2) is 65.2 Å². The molecule has 5 rings (SSSR count). The Morgan fingerprint density at radius 3 is 2.64 bits per heavy atom. The number of nitrogens with zero attached hydrogens (tertiary/aromatic N) is 3. The fourth-order valence-corrected chi connectivity index (χ4v) is 4.33. The molecule has 0 unspecified atom stereocenters. The summed E-state index contributed by atoms with van der Waals surface area (Å²) in [5.41, 5.74) is 11.1. The molecule has 0 amide bonds. The fourth-order valence-electron chi connectivity index (χ4n) is 4.33. The Hall–Kier alpha value is -4.33. The van der Waals surface area contributed by atoms with Crippen LogP contribution in [0.25, 0.3) is 33.0 Å². The number of esters is 1. The number of ether oxygens (including phenoxy) is 2. The Balaban J connectivity index is 1.48. The highest BCUT2D eigenvalue weighted by Gasteiger charge is 2.16. The van der Waals surface area contributed by atoms with Crippen molar-refractivity contribution in [1.82, 2.24) is 14.9 Å². The van der Waals surface area contributed by atoms with Crippen molar-refractivity contribution >= 4 is 33.7 Å². The number of carbonyl (C=O) groups is 1. The molecule has 184 valence electrons. The molecule has 0 aliphatic rings. The van der Waals surface area contributed by atoms with Gasteiger partial charge in [-0.05, 0) is 62.2 Å². The van der Waals surface area contributed by atoms with Gasteiger partial charge in [-0.3, -0.25) is 9.48 Å². The van der Waals surface area contributed by atoms with Gasteiger partial charge in [0.05, 0.1) is 23.9 Å². The molecule has 8 nitrogen and oxygen atoms in total. The predicted octanol–water partition coefficient (Wildman–Crippen LogP) is 5.69. The van der Waals surface area contributed by atoms with Crippen molar-refractivity contribution in [1.29, 1.82) is 0 Å². The fraction of sp³-hybridized carbons (Fsp3) is 0.250. The first-order valence-electron chi connectivity index (χ1n) is 12.0. The van der Waals surface area contributed by atoms with Gasteiger partial charge in [-0.1, -0.05) is 35.5 Å². The number of fused-ring (bicyclic) bond motifs is 2. The van der Waals surface area contributed by atoms with Gasteiger partial charge in [0.25, 0.3) is 0 Å². The molecule has 36 heavy (non-hydrogen) atoms. The molecular formula is C28H28N4O4. The lowest BCUT2D eigenvalue weighted by molar-refractivity contribution is -0.142. The number of aromatic nitrogens is 3. The Morgan fingerprint density at radius 2 is 1.83 bits per heavy atom. The summed E-state index contributed by atoms with van der Waals surface area (Å²) in [4.78, 5) is 12.0. The molecule has 5 aromatic rings. The molecule has 0 aliphatic carbocycles. The first kappa shape index (κ1) is 23.4. The normalized spacial score (nSPS) is 11.4. The standard InChI is InChI=1S/C28H28N4O4/c1-4-34-27(33)15-20-7-5-6-8-25(20)35-16-23-22-13-18(10-12-24(22)32(30-23)17(2)3)19-9-11-21-26(14-19)36-31-28(21)29/h5-14,17H,4,15-16H2,1-3H3,(H2,29,31). The molecule has 0 spiro atoms. The highest BCUT2D eigenvalue weighted by molar-refractivity contribution is 5.92. The van der Waals surface area contributed by atoms with E-state index in [1.54, 1.807) is 6.92 Å². The molecule has 8 heteroatoms. The molecule has 0 aliphatic heterocycles. The quantitative estimate of drug-likeness (QED) is 0.282. The van der Waals surface area contributed by atoms with Gasteiger partial charge in [0.2, 0.25) is 0 Å². The number of hydrogen-bond donors (Lipinski definition) is 1. The van der Waals surface area contributed by atoms with Crippen molar-refractivity contribution in [3.63, 3.8) is 0 Å². The molecule has 0 fully saturated rings. The molecule has 2 aromatic heterocycles. The smallest absolute Gasteiger partial charge is 0.310 e. The molecule has 2 heterocycles. The van der Waals surface area contributed by atoms with E-state index in [4.69, 9.17) is 24.8 Å². The van der Waals surface area contributed by atoms with Crippen LogP contribution in [0.2, 0.25) is 0 Å². The molecule has 2 N–H and O–H groups in total. The van der Waals surface area contributed by atoms with Gasteiger partial charge < -0.3 is 19.7 Å². The highest BCUT2D eigenvalue weighted by Crippen LogP contribution is 2.32. The first-order chi connectivity index (χ1) is 17.4. The Kier molecular flexibility index (Phi) is 6.33. The van der Waals surface area contributed by atoms with Crippen LogP contribution >= 0.6 is 0 Å². The third kappa shape index (κ3) is 4.49. The average Bonchev–Trinajstić information content (AvgIpc) is 3.43. The maximum atomic E-state index is 12.0. The largest absolute Gasteiger partial charge is 0.487 e. The number of para-hydroxylation sites is 1. The number of nitrogen functional groups attached to an aromatic ring is 1. The summed E-state index contributed by atoms with van der Waals surface area (Å²) in [6, 6.07) is 19.8. The second-order valence-corrected chi connectivity index (χ2v) is 8.87. The minimum atomic E-state index is -0.279. The number of hydrogen-bond acceptors (Lipinski definition) is 7. The first-order valence-corrected chi connectivity index (χ1v) is 12.0. The summed E-state index contributed by atoms with van der Waals surface area (Å²) in [6.45, 7) is 6.60. The van der Waals surface area contributed by atoms with E-state index < -0.39 is 0 Å². The van der Waals surface area contributed by atoms with Crippen LogP contribution in [0.4, 0.5) is 5.82 Å². The summed E-state index contributed by atoms with van der Waals surface area (Å²) >= 11 is 0. The van der Waals surface area contributed by atoms with Gasteiger partial charge in [0.15, 0.2) is 11.4 Å². The van der Waals surface area contributed by atoms with Gasteiger partial charge in [-0.2, -0.15) is 5.10 Å². The van der Waals surface area contributed by atoms with E-state index in [0.29, 0.717) is 23.8 Å². The van der Waals surface area contributed by atoms with Crippen molar-refractivity contribution in [3.8, 4) is 16.9 Å². The van der Waals surface area contributed by atoms with Gasteiger partial charge in [0, 0.05) is 17.0 Å². The van der Waals surface area contributed by atoms with Crippen LogP contribution in [-0.4, -0.2) is 27.5 Å². The van der Waals surface area contributed by atoms with E-state index in [1.165, 1.54) is 0 Å². The van der Waals surface area contributed by atoms with Gasteiger partial charge in [0.1, 0.15) is 18.1 Å². The third-order valence-electron chi connectivity index (χ3n) is 6.08. The zero-order valence-corrected chi connectivity index (χ0v) is 20.5. The van der Waals surface area contributed by atoms with E-state index in [1.807, 2.05) is 47.1 Å². The zero-order chi connectivity index (χ0) is 25.2. The molecule has 0 saturated heterocycles. The third-order valence-corrected chi connectivity index (χ3v) is 6.08. The minimum Gasteiger partial charge on any atom is -0.487 e. The lowest BCUT2D eigenvalue weighted by atomic mass is 10.0. The number of rotatable bonds is 8.